The lowest BCUT2D eigenvalue weighted by Gasteiger charge is -2.04. The van der Waals surface area contributed by atoms with Gasteiger partial charge >= 0.3 is 0 Å². The molecule has 1 rings (SSSR count). The summed E-state index contributed by atoms with van der Waals surface area (Å²) in [6, 6.07) is 4.38. The molecule has 0 saturated carbocycles. The number of nitrogen functional groups attached to an aromatic ring is 1. The van der Waals surface area contributed by atoms with Crippen LogP contribution in [0.5, 0.6) is 0 Å². The van der Waals surface area contributed by atoms with Gasteiger partial charge in [0, 0.05) is 0 Å². The minimum atomic E-state index is -0.519. The van der Waals surface area contributed by atoms with Gasteiger partial charge < -0.3 is 5.43 Å². The topological polar surface area (TPSA) is 61.8 Å². The standard InChI is InChI=1S/C8H8FN3/c1-5-2-7(9)6(4-10)3-8(5)12-11/h2-3,12H,11H2,1H3. The molecule has 0 aliphatic heterocycles. The Morgan fingerprint density at radius 2 is 2.25 bits per heavy atom. The molecular weight excluding hydrogens is 157 g/mol. The van der Waals surface area contributed by atoms with Crippen molar-refractivity contribution in [1.82, 2.24) is 0 Å². The van der Waals surface area contributed by atoms with Crippen LogP contribution in [-0.2, 0) is 0 Å². The molecule has 0 aliphatic rings. The van der Waals surface area contributed by atoms with E-state index in [9.17, 15) is 4.39 Å². The van der Waals surface area contributed by atoms with Gasteiger partial charge in [-0.1, -0.05) is 0 Å². The average Bonchev–Trinajstić information content (AvgIpc) is 2.05. The molecule has 0 saturated heterocycles. The van der Waals surface area contributed by atoms with Crippen LogP contribution in [0.2, 0.25) is 0 Å². The average molecular weight is 165 g/mol. The maximum absolute atomic E-state index is 12.9. The van der Waals surface area contributed by atoms with E-state index < -0.39 is 5.82 Å². The van der Waals surface area contributed by atoms with Gasteiger partial charge in [-0.15, -0.1) is 0 Å². The highest BCUT2D eigenvalue weighted by Crippen LogP contribution is 2.18. The van der Waals surface area contributed by atoms with E-state index in [0.29, 0.717) is 11.3 Å². The Kier molecular flexibility index (Phi) is 2.26. The number of hydrogen-bond acceptors (Lipinski definition) is 3. The van der Waals surface area contributed by atoms with Gasteiger partial charge in [-0.2, -0.15) is 5.26 Å². The number of hydrogen-bond donors (Lipinski definition) is 2. The SMILES string of the molecule is Cc1cc(F)c(C#N)cc1NN. The third-order valence-corrected chi connectivity index (χ3v) is 1.59. The molecular formula is C8H8FN3. The van der Waals surface area contributed by atoms with Crippen LogP contribution in [-0.4, -0.2) is 0 Å². The fraction of sp³-hybridized carbons (Fsp3) is 0.125. The molecule has 1 aromatic carbocycles. The molecule has 12 heavy (non-hydrogen) atoms. The molecule has 0 spiro atoms. The van der Waals surface area contributed by atoms with Crippen molar-refractivity contribution in [3.8, 4) is 6.07 Å². The molecule has 0 heterocycles. The van der Waals surface area contributed by atoms with Crippen LogP contribution in [0.1, 0.15) is 11.1 Å². The molecule has 62 valence electrons. The zero-order valence-corrected chi connectivity index (χ0v) is 6.56. The smallest absolute Gasteiger partial charge is 0.141 e. The van der Waals surface area contributed by atoms with Crippen molar-refractivity contribution in [3.05, 3.63) is 29.1 Å². The second kappa shape index (κ2) is 3.20. The number of benzene rings is 1. The monoisotopic (exact) mass is 165 g/mol. The van der Waals surface area contributed by atoms with Crippen LogP contribution in [0.15, 0.2) is 12.1 Å². The van der Waals surface area contributed by atoms with Gasteiger partial charge in [0.1, 0.15) is 11.9 Å². The fourth-order valence-corrected chi connectivity index (χ4v) is 0.914. The van der Waals surface area contributed by atoms with Crippen molar-refractivity contribution >= 4 is 5.69 Å². The number of halogens is 1. The van der Waals surface area contributed by atoms with Crippen molar-refractivity contribution < 1.29 is 4.39 Å². The fourth-order valence-electron chi connectivity index (χ4n) is 0.914. The highest BCUT2D eigenvalue weighted by atomic mass is 19.1. The summed E-state index contributed by atoms with van der Waals surface area (Å²) < 4.78 is 12.9. The number of nitriles is 1. The van der Waals surface area contributed by atoms with Crippen LogP contribution in [0.25, 0.3) is 0 Å². The normalized spacial score (nSPS) is 9.17. The minimum Gasteiger partial charge on any atom is -0.324 e. The van der Waals surface area contributed by atoms with Gasteiger partial charge in [-0.3, -0.25) is 5.84 Å². The van der Waals surface area contributed by atoms with Crippen LogP contribution < -0.4 is 11.3 Å². The Labute approximate surface area is 69.6 Å². The predicted octanol–water partition coefficient (Wildman–Crippen LogP) is 1.29. The number of anilines is 1. The maximum atomic E-state index is 12.9. The first-order chi connectivity index (χ1) is 5.69. The highest BCUT2D eigenvalue weighted by molar-refractivity contribution is 5.54. The zero-order chi connectivity index (χ0) is 9.14. The molecule has 0 bridgehead atoms. The molecule has 0 radical (unpaired) electrons. The van der Waals surface area contributed by atoms with E-state index in [2.05, 4.69) is 5.43 Å². The summed E-state index contributed by atoms with van der Waals surface area (Å²) in [6.45, 7) is 1.71. The van der Waals surface area contributed by atoms with Crippen LogP contribution in [0.3, 0.4) is 0 Å². The van der Waals surface area contributed by atoms with Gasteiger partial charge in [0.25, 0.3) is 0 Å². The van der Waals surface area contributed by atoms with Crippen LogP contribution in [0.4, 0.5) is 10.1 Å². The minimum absolute atomic E-state index is 0.00597. The lowest BCUT2D eigenvalue weighted by Crippen LogP contribution is -2.08. The predicted molar refractivity (Wildman–Crippen MR) is 43.7 cm³/mol. The Hall–Kier alpha value is -1.60. The summed E-state index contributed by atoms with van der Waals surface area (Å²) in [6.07, 6.45) is 0. The summed E-state index contributed by atoms with van der Waals surface area (Å²) in [7, 11) is 0. The molecule has 0 fully saturated rings. The molecule has 0 amide bonds. The van der Waals surface area contributed by atoms with Crippen LogP contribution >= 0.6 is 0 Å². The Morgan fingerprint density at radius 3 is 2.75 bits per heavy atom. The van der Waals surface area contributed by atoms with Gasteiger partial charge in [0.2, 0.25) is 0 Å². The van der Waals surface area contributed by atoms with E-state index in [1.807, 2.05) is 0 Å². The lowest BCUT2D eigenvalue weighted by atomic mass is 10.1. The number of aryl methyl sites for hydroxylation is 1. The van der Waals surface area contributed by atoms with Crippen molar-refractivity contribution in [2.24, 2.45) is 5.84 Å². The first-order valence-corrected chi connectivity index (χ1v) is 3.36. The molecule has 3 nitrogen and oxygen atoms in total. The van der Waals surface area contributed by atoms with Gasteiger partial charge in [-0.05, 0) is 24.6 Å². The van der Waals surface area contributed by atoms with Gasteiger partial charge in [0.05, 0.1) is 11.3 Å². The summed E-state index contributed by atoms with van der Waals surface area (Å²) in [5, 5.41) is 8.47. The van der Waals surface area contributed by atoms with Gasteiger partial charge in [-0.25, -0.2) is 4.39 Å². The highest BCUT2D eigenvalue weighted by Gasteiger charge is 2.04. The third-order valence-electron chi connectivity index (χ3n) is 1.59. The Morgan fingerprint density at radius 1 is 1.58 bits per heavy atom. The van der Waals surface area contributed by atoms with E-state index in [0.717, 1.165) is 0 Å². The van der Waals surface area contributed by atoms with Crippen molar-refractivity contribution in [2.45, 2.75) is 6.92 Å². The number of rotatable bonds is 1. The molecule has 1 aromatic rings. The number of nitrogens with one attached hydrogen (secondary N) is 1. The number of hydrazine groups is 1. The van der Waals surface area contributed by atoms with Gasteiger partial charge in [0.15, 0.2) is 0 Å². The van der Waals surface area contributed by atoms with E-state index in [1.54, 1.807) is 13.0 Å². The van der Waals surface area contributed by atoms with Crippen LogP contribution in [0, 0.1) is 24.1 Å². The van der Waals surface area contributed by atoms with E-state index in [-0.39, 0.29) is 5.56 Å². The molecule has 0 aromatic heterocycles. The van der Waals surface area contributed by atoms with Crippen molar-refractivity contribution in [3.63, 3.8) is 0 Å². The number of nitrogens with two attached hydrogens (primary N) is 1. The third kappa shape index (κ3) is 1.36. The molecule has 0 aliphatic carbocycles. The molecule has 0 unspecified atom stereocenters. The van der Waals surface area contributed by atoms with E-state index in [4.69, 9.17) is 11.1 Å². The van der Waals surface area contributed by atoms with Crippen molar-refractivity contribution in [1.29, 1.82) is 5.26 Å². The molecule has 4 heteroatoms. The van der Waals surface area contributed by atoms with Crippen molar-refractivity contribution in [2.75, 3.05) is 5.43 Å². The second-order valence-corrected chi connectivity index (χ2v) is 2.40. The first kappa shape index (κ1) is 8.50. The largest absolute Gasteiger partial charge is 0.324 e. The molecule has 0 atom stereocenters. The van der Waals surface area contributed by atoms with E-state index in [1.165, 1.54) is 12.1 Å². The van der Waals surface area contributed by atoms with E-state index >= 15 is 0 Å². The summed E-state index contributed by atoms with van der Waals surface area (Å²) in [5.41, 5.74) is 3.61. The lowest BCUT2D eigenvalue weighted by molar-refractivity contribution is 0.623. The molecule has 3 N–H and O–H groups in total. The Balaban J connectivity index is 3.30. The second-order valence-electron chi connectivity index (χ2n) is 2.40. The summed E-state index contributed by atoms with van der Waals surface area (Å²) >= 11 is 0. The quantitative estimate of drug-likeness (QED) is 0.487. The maximum Gasteiger partial charge on any atom is 0.141 e. The zero-order valence-electron chi connectivity index (χ0n) is 6.56. The summed E-state index contributed by atoms with van der Waals surface area (Å²) in [5.74, 6) is 4.62. The first-order valence-electron chi connectivity index (χ1n) is 3.36. The number of nitrogens with zero attached hydrogens (tertiary/aromatic N) is 1. The summed E-state index contributed by atoms with van der Waals surface area (Å²) in [4.78, 5) is 0. The Bertz CT molecular complexity index is 341.